The highest BCUT2D eigenvalue weighted by Gasteiger charge is 2.25. The molecule has 1 unspecified atom stereocenters. The van der Waals surface area contributed by atoms with Gasteiger partial charge in [0.15, 0.2) is 0 Å². The zero-order chi connectivity index (χ0) is 20.6. The third kappa shape index (κ3) is 5.83. The van der Waals surface area contributed by atoms with Gasteiger partial charge in [-0.1, -0.05) is 0 Å². The van der Waals surface area contributed by atoms with E-state index in [1.54, 1.807) is 42.2 Å². The van der Waals surface area contributed by atoms with Gasteiger partial charge >= 0.3 is 0 Å². The molecule has 8 nitrogen and oxygen atoms in total. The average molecular weight is 406 g/mol. The maximum absolute atomic E-state index is 12.8. The molecule has 2 aliphatic rings. The summed E-state index contributed by atoms with van der Waals surface area (Å²) in [6.45, 7) is 3.82. The molecule has 0 saturated carbocycles. The Kier molecular flexibility index (Phi) is 7.71. The molecule has 0 N–H and O–H groups in total. The van der Waals surface area contributed by atoms with E-state index in [1.165, 1.54) is 0 Å². The molecular formula is C21H30N2O6. The van der Waals surface area contributed by atoms with Gasteiger partial charge in [0.1, 0.15) is 11.5 Å². The predicted molar refractivity (Wildman–Crippen MR) is 106 cm³/mol. The van der Waals surface area contributed by atoms with Crippen LogP contribution in [0.4, 0.5) is 0 Å². The van der Waals surface area contributed by atoms with Gasteiger partial charge < -0.3 is 28.7 Å². The number of ether oxygens (including phenoxy) is 4. The van der Waals surface area contributed by atoms with Crippen LogP contribution < -0.4 is 9.47 Å². The number of piperazine rings is 1. The Hall–Kier alpha value is -2.32. The van der Waals surface area contributed by atoms with Gasteiger partial charge in [0.05, 0.1) is 40.0 Å². The SMILES string of the molecule is COc1cc(OC)cc(C(=O)N2CCN(C(=O)CCOCC3CCCO3)CC2)c1. The summed E-state index contributed by atoms with van der Waals surface area (Å²) >= 11 is 0. The third-order valence-electron chi connectivity index (χ3n) is 5.31. The van der Waals surface area contributed by atoms with Crippen molar-refractivity contribution < 1.29 is 28.5 Å². The highest BCUT2D eigenvalue weighted by atomic mass is 16.5. The fraction of sp³-hybridized carbons (Fsp3) is 0.619. The Balaban J connectivity index is 1.43. The minimum Gasteiger partial charge on any atom is -0.497 e. The van der Waals surface area contributed by atoms with Gasteiger partial charge in [0.2, 0.25) is 5.91 Å². The van der Waals surface area contributed by atoms with E-state index in [2.05, 4.69) is 0 Å². The van der Waals surface area contributed by atoms with Crippen LogP contribution in [0.25, 0.3) is 0 Å². The number of rotatable bonds is 8. The summed E-state index contributed by atoms with van der Waals surface area (Å²) in [4.78, 5) is 28.8. The zero-order valence-corrected chi connectivity index (χ0v) is 17.2. The Bertz CT molecular complexity index is 674. The molecule has 0 aliphatic carbocycles. The molecular weight excluding hydrogens is 376 g/mol. The van der Waals surface area contributed by atoms with Crippen LogP contribution >= 0.6 is 0 Å². The first kappa shape index (κ1) is 21.4. The first-order valence-electron chi connectivity index (χ1n) is 10.1. The minimum atomic E-state index is -0.0887. The number of methoxy groups -OCH3 is 2. The molecule has 0 aromatic heterocycles. The summed E-state index contributed by atoms with van der Waals surface area (Å²) in [5.41, 5.74) is 0.517. The number of hydrogen-bond donors (Lipinski definition) is 0. The molecule has 3 rings (SSSR count). The van der Waals surface area contributed by atoms with E-state index in [4.69, 9.17) is 18.9 Å². The molecule has 160 valence electrons. The van der Waals surface area contributed by atoms with Crippen molar-refractivity contribution in [1.29, 1.82) is 0 Å². The van der Waals surface area contributed by atoms with Gasteiger partial charge in [-0.3, -0.25) is 9.59 Å². The number of carbonyl (C=O) groups is 2. The summed E-state index contributed by atoms with van der Waals surface area (Å²) in [6.07, 6.45) is 2.64. The van der Waals surface area contributed by atoms with E-state index in [0.717, 1.165) is 19.4 Å². The molecule has 1 aromatic rings. The van der Waals surface area contributed by atoms with Crippen molar-refractivity contribution in [2.45, 2.75) is 25.4 Å². The van der Waals surface area contributed by atoms with Crippen LogP contribution in [0, 0.1) is 0 Å². The molecule has 2 aliphatic heterocycles. The second-order valence-electron chi connectivity index (χ2n) is 7.23. The van der Waals surface area contributed by atoms with E-state index >= 15 is 0 Å². The van der Waals surface area contributed by atoms with Gasteiger partial charge in [-0.05, 0) is 25.0 Å². The summed E-state index contributed by atoms with van der Waals surface area (Å²) in [6, 6.07) is 5.13. The van der Waals surface area contributed by atoms with Gasteiger partial charge in [-0.2, -0.15) is 0 Å². The van der Waals surface area contributed by atoms with Crippen LogP contribution in [0.3, 0.4) is 0 Å². The second-order valence-corrected chi connectivity index (χ2v) is 7.23. The second kappa shape index (κ2) is 10.5. The first-order chi connectivity index (χ1) is 14.1. The smallest absolute Gasteiger partial charge is 0.254 e. The van der Waals surface area contributed by atoms with Gasteiger partial charge in [-0.15, -0.1) is 0 Å². The minimum absolute atomic E-state index is 0.0625. The molecule has 1 aromatic carbocycles. The Morgan fingerprint density at radius 2 is 1.69 bits per heavy atom. The van der Waals surface area contributed by atoms with Crippen molar-refractivity contribution in [2.24, 2.45) is 0 Å². The van der Waals surface area contributed by atoms with Crippen LogP contribution in [0.5, 0.6) is 11.5 Å². The molecule has 8 heteroatoms. The molecule has 0 radical (unpaired) electrons. The van der Waals surface area contributed by atoms with Crippen molar-refractivity contribution in [3.63, 3.8) is 0 Å². The number of nitrogens with zero attached hydrogens (tertiary/aromatic N) is 2. The first-order valence-corrected chi connectivity index (χ1v) is 10.1. The van der Waals surface area contributed by atoms with Crippen molar-refractivity contribution in [1.82, 2.24) is 9.80 Å². The molecule has 2 amide bonds. The lowest BCUT2D eigenvalue weighted by Gasteiger charge is -2.35. The van der Waals surface area contributed by atoms with Crippen LogP contribution in [0.2, 0.25) is 0 Å². The zero-order valence-electron chi connectivity index (χ0n) is 17.2. The van der Waals surface area contributed by atoms with Crippen LogP contribution in [0.1, 0.15) is 29.6 Å². The maximum Gasteiger partial charge on any atom is 0.254 e. The monoisotopic (exact) mass is 406 g/mol. The molecule has 2 saturated heterocycles. The van der Waals surface area contributed by atoms with Gasteiger partial charge in [-0.25, -0.2) is 0 Å². The number of amides is 2. The quantitative estimate of drug-likeness (QED) is 0.610. The van der Waals surface area contributed by atoms with E-state index in [-0.39, 0.29) is 17.9 Å². The van der Waals surface area contributed by atoms with Crippen molar-refractivity contribution in [2.75, 3.05) is 60.2 Å². The van der Waals surface area contributed by atoms with Crippen molar-refractivity contribution in [3.05, 3.63) is 23.8 Å². The summed E-state index contributed by atoms with van der Waals surface area (Å²) < 4.78 is 21.6. The number of hydrogen-bond acceptors (Lipinski definition) is 6. The predicted octanol–water partition coefficient (Wildman–Crippen LogP) is 1.57. The van der Waals surface area contributed by atoms with E-state index in [1.807, 2.05) is 0 Å². The standard InChI is InChI=1S/C21H30N2O6/c1-26-18-12-16(13-19(14-18)27-2)21(25)23-8-6-22(7-9-23)20(24)5-11-28-15-17-4-3-10-29-17/h12-14,17H,3-11,15H2,1-2H3. The molecule has 29 heavy (non-hydrogen) atoms. The molecule has 2 fully saturated rings. The van der Waals surface area contributed by atoms with Crippen LogP contribution in [0.15, 0.2) is 18.2 Å². The largest absolute Gasteiger partial charge is 0.497 e. The topological polar surface area (TPSA) is 77.5 Å². The number of carbonyl (C=O) groups excluding carboxylic acids is 2. The lowest BCUT2D eigenvalue weighted by Crippen LogP contribution is -2.50. The van der Waals surface area contributed by atoms with Crippen LogP contribution in [-0.4, -0.2) is 87.9 Å². The molecule has 1 atom stereocenters. The fourth-order valence-electron chi connectivity index (χ4n) is 3.58. The van der Waals surface area contributed by atoms with Gasteiger partial charge in [0, 0.05) is 44.4 Å². The Morgan fingerprint density at radius 3 is 2.28 bits per heavy atom. The van der Waals surface area contributed by atoms with E-state index in [9.17, 15) is 9.59 Å². The highest BCUT2D eigenvalue weighted by Crippen LogP contribution is 2.24. The normalized spacial score (nSPS) is 19.3. The molecule has 0 spiro atoms. The highest BCUT2D eigenvalue weighted by molar-refractivity contribution is 5.95. The summed E-state index contributed by atoms with van der Waals surface area (Å²) in [5.74, 6) is 1.12. The third-order valence-corrected chi connectivity index (χ3v) is 5.31. The Morgan fingerprint density at radius 1 is 1.03 bits per heavy atom. The van der Waals surface area contributed by atoms with E-state index in [0.29, 0.717) is 62.9 Å². The van der Waals surface area contributed by atoms with Gasteiger partial charge in [0.25, 0.3) is 5.91 Å². The Labute approximate surface area is 171 Å². The average Bonchev–Trinajstić information content (AvgIpc) is 3.29. The molecule has 0 bridgehead atoms. The maximum atomic E-state index is 12.8. The summed E-state index contributed by atoms with van der Waals surface area (Å²) in [5, 5.41) is 0. The van der Waals surface area contributed by atoms with Crippen molar-refractivity contribution >= 4 is 11.8 Å². The van der Waals surface area contributed by atoms with Crippen molar-refractivity contribution in [3.8, 4) is 11.5 Å². The molecule has 2 heterocycles. The van der Waals surface area contributed by atoms with Crippen LogP contribution in [-0.2, 0) is 14.3 Å². The van der Waals surface area contributed by atoms with E-state index < -0.39 is 0 Å². The summed E-state index contributed by atoms with van der Waals surface area (Å²) in [7, 11) is 3.11. The fourth-order valence-corrected chi connectivity index (χ4v) is 3.58. The number of benzene rings is 1. The lowest BCUT2D eigenvalue weighted by molar-refractivity contribution is -0.134. The lowest BCUT2D eigenvalue weighted by atomic mass is 10.1.